The Morgan fingerprint density at radius 2 is 2.12 bits per heavy atom. The lowest BCUT2D eigenvalue weighted by molar-refractivity contribution is 0.0600. The van der Waals surface area contributed by atoms with E-state index in [1.807, 2.05) is 19.1 Å². The summed E-state index contributed by atoms with van der Waals surface area (Å²) in [6, 6.07) is 7.09. The molecule has 0 aliphatic heterocycles. The van der Waals surface area contributed by atoms with Crippen LogP contribution >= 0.6 is 0 Å². The van der Waals surface area contributed by atoms with E-state index in [4.69, 9.17) is 4.74 Å². The first-order valence-electron chi connectivity index (χ1n) is 5.21. The number of methoxy groups -OCH3 is 1. The van der Waals surface area contributed by atoms with Gasteiger partial charge in [0.15, 0.2) is 0 Å². The summed E-state index contributed by atoms with van der Waals surface area (Å²) in [5.74, 6) is 5.50. The van der Waals surface area contributed by atoms with E-state index >= 15 is 0 Å². The number of rotatable bonds is 2. The van der Waals surface area contributed by atoms with Crippen molar-refractivity contribution in [1.29, 1.82) is 0 Å². The molecule has 0 fully saturated rings. The van der Waals surface area contributed by atoms with Crippen LogP contribution in [0.5, 0.6) is 0 Å². The van der Waals surface area contributed by atoms with Crippen molar-refractivity contribution in [2.24, 2.45) is 0 Å². The molecule has 0 amide bonds. The van der Waals surface area contributed by atoms with Crippen molar-refractivity contribution in [3.05, 3.63) is 59.7 Å². The van der Waals surface area contributed by atoms with Crippen LogP contribution in [0.25, 0.3) is 0 Å². The largest absolute Gasteiger partial charge is 0.465 e. The summed E-state index contributed by atoms with van der Waals surface area (Å²) in [6.45, 7) is 5.54. The lowest BCUT2D eigenvalue weighted by atomic mass is 10.1. The van der Waals surface area contributed by atoms with Gasteiger partial charge < -0.3 is 4.74 Å². The topological polar surface area (TPSA) is 26.3 Å². The van der Waals surface area contributed by atoms with Crippen LogP contribution in [-0.4, -0.2) is 13.1 Å². The highest BCUT2D eigenvalue weighted by molar-refractivity contribution is 5.92. The van der Waals surface area contributed by atoms with Gasteiger partial charge in [0.2, 0.25) is 0 Å². The molecular formula is C15H14O2. The van der Waals surface area contributed by atoms with Gasteiger partial charge in [0.05, 0.1) is 12.7 Å². The molecule has 0 aliphatic carbocycles. The van der Waals surface area contributed by atoms with Crippen molar-refractivity contribution in [3.8, 4) is 11.8 Å². The lowest BCUT2D eigenvalue weighted by Crippen LogP contribution is -2.03. The second kappa shape index (κ2) is 6.34. The first-order chi connectivity index (χ1) is 8.22. The Kier molecular flexibility index (Phi) is 4.77. The van der Waals surface area contributed by atoms with Gasteiger partial charge in [-0.25, -0.2) is 4.79 Å². The minimum absolute atomic E-state index is 0.379. The number of carbonyl (C=O) groups excluding carboxylic acids is 1. The molecule has 17 heavy (non-hydrogen) atoms. The Labute approximate surface area is 102 Å². The molecule has 0 N–H and O–H groups in total. The standard InChI is InChI=1S/C15H14O2/c1-4-12(5-2)10-11-13-8-6-7-9-14(13)15(16)17-3/h4-9H,1H2,2-3H3/b12-5+. The van der Waals surface area contributed by atoms with Crippen LogP contribution in [0.2, 0.25) is 0 Å². The van der Waals surface area contributed by atoms with Crippen molar-refractivity contribution >= 4 is 5.97 Å². The van der Waals surface area contributed by atoms with Gasteiger partial charge in [-0.1, -0.05) is 42.7 Å². The number of benzene rings is 1. The smallest absolute Gasteiger partial charge is 0.339 e. The molecule has 0 spiro atoms. The highest BCUT2D eigenvalue weighted by atomic mass is 16.5. The number of hydrogen-bond acceptors (Lipinski definition) is 2. The lowest BCUT2D eigenvalue weighted by Gasteiger charge is -2.01. The van der Waals surface area contributed by atoms with Crippen molar-refractivity contribution in [1.82, 2.24) is 0 Å². The molecule has 0 aliphatic rings. The maximum atomic E-state index is 11.5. The van der Waals surface area contributed by atoms with Crippen LogP contribution in [0.3, 0.4) is 0 Å². The van der Waals surface area contributed by atoms with Crippen LogP contribution in [0.15, 0.2) is 48.6 Å². The molecular weight excluding hydrogens is 212 g/mol. The number of esters is 1. The number of carbonyl (C=O) groups is 1. The minimum Gasteiger partial charge on any atom is -0.465 e. The molecule has 0 heterocycles. The van der Waals surface area contributed by atoms with E-state index in [9.17, 15) is 4.79 Å². The third kappa shape index (κ3) is 3.35. The monoisotopic (exact) mass is 226 g/mol. The van der Waals surface area contributed by atoms with E-state index in [1.54, 1.807) is 24.3 Å². The maximum absolute atomic E-state index is 11.5. The zero-order chi connectivity index (χ0) is 12.7. The zero-order valence-corrected chi connectivity index (χ0v) is 9.99. The Morgan fingerprint density at radius 3 is 2.71 bits per heavy atom. The molecule has 0 saturated carbocycles. The predicted molar refractivity (Wildman–Crippen MR) is 68.6 cm³/mol. The van der Waals surface area contributed by atoms with Crippen LogP contribution in [-0.2, 0) is 4.74 Å². The summed E-state index contributed by atoms with van der Waals surface area (Å²) in [7, 11) is 1.35. The van der Waals surface area contributed by atoms with E-state index in [0.29, 0.717) is 11.1 Å². The number of allylic oxidation sites excluding steroid dienone is 3. The second-order valence-electron chi connectivity index (χ2n) is 3.24. The van der Waals surface area contributed by atoms with Crippen LogP contribution in [0.1, 0.15) is 22.8 Å². The second-order valence-corrected chi connectivity index (χ2v) is 3.24. The SMILES string of the molecule is C=C/C(C#Cc1ccccc1C(=O)OC)=C\C. The minimum atomic E-state index is -0.379. The van der Waals surface area contributed by atoms with Crippen molar-refractivity contribution in [2.45, 2.75) is 6.92 Å². The third-order valence-electron chi connectivity index (χ3n) is 2.20. The average Bonchev–Trinajstić information content (AvgIpc) is 2.39. The zero-order valence-electron chi connectivity index (χ0n) is 9.99. The molecule has 0 atom stereocenters. The molecule has 2 nitrogen and oxygen atoms in total. The van der Waals surface area contributed by atoms with Crippen LogP contribution in [0, 0.1) is 11.8 Å². The molecule has 0 saturated heterocycles. The molecule has 0 unspecified atom stereocenters. The van der Waals surface area contributed by atoms with Crippen LogP contribution < -0.4 is 0 Å². The van der Waals surface area contributed by atoms with Gasteiger partial charge in [0.25, 0.3) is 0 Å². The van der Waals surface area contributed by atoms with Gasteiger partial charge in [-0.3, -0.25) is 0 Å². The molecule has 1 rings (SSSR count). The summed E-state index contributed by atoms with van der Waals surface area (Å²) in [5.41, 5.74) is 1.95. The number of ether oxygens (including phenoxy) is 1. The average molecular weight is 226 g/mol. The molecule has 2 heteroatoms. The predicted octanol–water partition coefficient (Wildman–Crippen LogP) is 2.96. The van der Waals surface area contributed by atoms with Gasteiger partial charge in [0.1, 0.15) is 0 Å². The van der Waals surface area contributed by atoms with E-state index in [1.165, 1.54) is 7.11 Å². The Balaban J connectivity index is 3.15. The van der Waals surface area contributed by atoms with E-state index in [2.05, 4.69) is 18.4 Å². The molecule has 0 bridgehead atoms. The Morgan fingerprint density at radius 1 is 1.41 bits per heavy atom. The first-order valence-corrected chi connectivity index (χ1v) is 5.21. The van der Waals surface area contributed by atoms with Crippen molar-refractivity contribution in [2.75, 3.05) is 7.11 Å². The summed E-state index contributed by atoms with van der Waals surface area (Å²) in [5, 5.41) is 0. The van der Waals surface area contributed by atoms with Gasteiger partial charge in [-0.2, -0.15) is 0 Å². The summed E-state index contributed by atoms with van der Waals surface area (Å²) < 4.78 is 4.69. The highest BCUT2D eigenvalue weighted by Crippen LogP contribution is 2.09. The van der Waals surface area contributed by atoms with E-state index < -0.39 is 0 Å². The fourth-order valence-electron chi connectivity index (χ4n) is 1.26. The quantitative estimate of drug-likeness (QED) is 0.440. The normalized spacial score (nSPS) is 10.1. The fraction of sp³-hybridized carbons (Fsp3) is 0.133. The molecule has 0 aromatic heterocycles. The Hall–Kier alpha value is -2.27. The summed E-state index contributed by atoms with van der Waals surface area (Å²) >= 11 is 0. The maximum Gasteiger partial charge on any atom is 0.339 e. The molecule has 1 aromatic carbocycles. The van der Waals surface area contributed by atoms with Gasteiger partial charge in [0, 0.05) is 11.1 Å². The first kappa shape index (κ1) is 12.8. The highest BCUT2D eigenvalue weighted by Gasteiger charge is 2.08. The summed E-state index contributed by atoms with van der Waals surface area (Å²) in [4.78, 5) is 11.5. The molecule has 86 valence electrons. The third-order valence-corrected chi connectivity index (χ3v) is 2.20. The number of hydrogen-bond donors (Lipinski definition) is 0. The Bertz CT molecular complexity index is 513. The molecule has 0 radical (unpaired) electrons. The van der Waals surface area contributed by atoms with Gasteiger partial charge >= 0.3 is 5.97 Å². The van der Waals surface area contributed by atoms with Gasteiger partial charge in [-0.15, -0.1) is 0 Å². The van der Waals surface area contributed by atoms with Crippen LogP contribution in [0.4, 0.5) is 0 Å². The molecule has 1 aromatic rings. The van der Waals surface area contributed by atoms with Crippen molar-refractivity contribution < 1.29 is 9.53 Å². The van der Waals surface area contributed by atoms with Crippen molar-refractivity contribution in [3.63, 3.8) is 0 Å². The van der Waals surface area contributed by atoms with E-state index in [0.717, 1.165) is 5.57 Å². The van der Waals surface area contributed by atoms with E-state index in [-0.39, 0.29) is 5.97 Å². The van der Waals surface area contributed by atoms with Gasteiger partial charge in [-0.05, 0) is 19.1 Å². The summed E-state index contributed by atoms with van der Waals surface area (Å²) in [6.07, 6.45) is 3.54. The fourth-order valence-corrected chi connectivity index (χ4v) is 1.26.